The summed E-state index contributed by atoms with van der Waals surface area (Å²) in [5.41, 5.74) is 3.13. The average Bonchev–Trinajstić information content (AvgIpc) is 2.98. The number of nitrogens with zero attached hydrogens (tertiary/aromatic N) is 4. The van der Waals surface area contributed by atoms with Crippen LogP contribution in [0.2, 0.25) is 0 Å². The molecule has 0 fully saturated rings. The Hall–Kier alpha value is -1.95. The molecule has 0 aliphatic rings. The molecular formula is C13H15N5S. The lowest BCUT2D eigenvalue weighted by Crippen LogP contribution is -2.04. The lowest BCUT2D eigenvalue weighted by molar-refractivity contribution is 0.837. The van der Waals surface area contributed by atoms with Crippen molar-refractivity contribution in [2.45, 2.75) is 13.3 Å². The van der Waals surface area contributed by atoms with Gasteiger partial charge in [0.1, 0.15) is 11.5 Å². The summed E-state index contributed by atoms with van der Waals surface area (Å²) in [4.78, 5) is 4.66. The van der Waals surface area contributed by atoms with Crippen LogP contribution in [0, 0.1) is 0 Å². The number of fused-ring (bicyclic) bond motifs is 1. The first-order chi connectivity index (χ1) is 9.29. The van der Waals surface area contributed by atoms with Gasteiger partial charge in [-0.1, -0.05) is 12.1 Å². The molecular weight excluding hydrogens is 258 g/mol. The van der Waals surface area contributed by atoms with Gasteiger partial charge in [0.2, 0.25) is 0 Å². The largest absolute Gasteiger partial charge is 0.368 e. The van der Waals surface area contributed by atoms with Gasteiger partial charge in [-0.2, -0.15) is 8.75 Å². The van der Waals surface area contributed by atoms with Crippen LogP contribution in [0.3, 0.4) is 0 Å². The lowest BCUT2D eigenvalue weighted by atomic mass is 10.3. The third-order valence-electron chi connectivity index (χ3n) is 3.11. The van der Waals surface area contributed by atoms with Crippen LogP contribution in [0.15, 0.2) is 24.3 Å². The molecule has 1 N–H and O–H groups in total. The first kappa shape index (κ1) is 12.1. The molecule has 98 valence electrons. The Morgan fingerprint density at radius 2 is 2.11 bits per heavy atom. The van der Waals surface area contributed by atoms with Gasteiger partial charge in [-0.3, -0.25) is 0 Å². The summed E-state index contributed by atoms with van der Waals surface area (Å²) in [6.45, 7) is 2.90. The van der Waals surface area contributed by atoms with Crippen LogP contribution in [0.4, 0.5) is 5.82 Å². The van der Waals surface area contributed by atoms with Gasteiger partial charge in [0.15, 0.2) is 5.82 Å². The van der Waals surface area contributed by atoms with E-state index in [1.54, 1.807) is 0 Å². The van der Waals surface area contributed by atoms with Crippen LogP contribution in [-0.4, -0.2) is 24.8 Å². The second kappa shape index (κ2) is 4.97. The molecule has 5 nitrogen and oxygen atoms in total. The monoisotopic (exact) mass is 273 g/mol. The van der Waals surface area contributed by atoms with Crippen molar-refractivity contribution in [3.05, 3.63) is 35.8 Å². The molecule has 6 heteroatoms. The zero-order valence-corrected chi connectivity index (χ0v) is 11.7. The van der Waals surface area contributed by atoms with Gasteiger partial charge in [0.05, 0.1) is 29.2 Å². The van der Waals surface area contributed by atoms with Crippen LogP contribution in [0.5, 0.6) is 0 Å². The molecule has 0 saturated carbocycles. The van der Waals surface area contributed by atoms with E-state index in [9.17, 15) is 0 Å². The Morgan fingerprint density at radius 3 is 2.89 bits per heavy atom. The molecule has 0 saturated heterocycles. The van der Waals surface area contributed by atoms with E-state index in [1.165, 1.54) is 11.7 Å². The molecule has 0 radical (unpaired) electrons. The van der Waals surface area contributed by atoms with Crippen molar-refractivity contribution in [2.24, 2.45) is 7.05 Å². The summed E-state index contributed by atoms with van der Waals surface area (Å²) < 4.78 is 10.7. The van der Waals surface area contributed by atoms with Crippen molar-refractivity contribution in [1.82, 2.24) is 18.3 Å². The molecule has 0 bridgehead atoms. The SMILES string of the molecule is CCNc1nsnc1Cc1nc2ccccc2n1C. The highest BCUT2D eigenvalue weighted by Crippen LogP contribution is 2.20. The Kier molecular flexibility index (Phi) is 3.16. The van der Waals surface area contributed by atoms with Crippen molar-refractivity contribution in [3.63, 3.8) is 0 Å². The van der Waals surface area contributed by atoms with Crippen LogP contribution < -0.4 is 5.32 Å². The maximum absolute atomic E-state index is 4.66. The van der Waals surface area contributed by atoms with E-state index in [2.05, 4.69) is 36.6 Å². The van der Waals surface area contributed by atoms with Crippen molar-refractivity contribution in [1.29, 1.82) is 0 Å². The Labute approximate surface area is 115 Å². The molecule has 2 aromatic heterocycles. The summed E-state index contributed by atoms with van der Waals surface area (Å²) in [6.07, 6.45) is 0.698. The van der Waals surface area contributed by atoms with Gasteiger partial charge in [-0.05, 0) is 19.1 Å². The first-order valence-corrected chi connectivity index (χ1v) is 6.98. The topological polar surface area (TPSA) is 55.6 Å². The van der Waals surface area contributed by atoms with E-state index in [-0.39, 0.29) is 0 Å². The maximum atomic E-state index is 4.66. The van der Waals surface area contributed by atoms with Crippen LogP contribution >= 0.6 is 11.7 Å². The highest BCUT2D eigenvalue weighted by Gasteiger charge is 2.13. The zero-order valence-electron chi connectivity index (χ0n) is 10.9. The highest BCUT2D eigenvalue weighted by atomic mass is 32.1. The van der Waals surface area contributed by atoms with Crippen LogP contribution in [0.25, 0.3) is 11.0 Å². The van der Waals surface area contributed by atoms with Gasteiger partial charge in [0.25, 0.3) is 0 Å². The number of para-hydroxylation sites is 2. The van der Waals surface area contributed by atoms with Gasteiger partial charge < -0.3 is 9.88 Å². The molecule has 0 aliphatic heterocycles. The molecule has 1 aromatic carbocycles. The predicted octanol–water partition coefficient (Wildman–Crippen LogP) is 2.45. The van der Waals surface area contributed by atoms with Crippen LogP contribution in [0.1, 0.15) is 18.4 Å². The van der Waals surface area contributed by atoms with E-state index < -0.39 is 0 Å². The third-order valence-corrected chi connectivity index (χ3v) is 3.67. The molecule has 19 heavy (non-hydrogen) atoms. The number of hydrogen-bond acceptors (Lipinski definition) is 5. The normalized spacial score (nSPS) is 11.1. The van der Waals surface area contributed by atoms with E-state index in [0.29, 0.717) is 6.42 Å². The fourth-order valence-corrected chi connectivity index (χ4v) is 2.67. The second-order valence-corrected chi connectivity index (χ2v) is 4.87. The number of anilines is 1. The predicted molar refractivity (Wildman–Crippen MR) is 77.6 cm³/mol. The molecule has 3 rings (SSSR count). The number of nitrogens with one attached hydrogen (secondary N) is 1. The fourth-order valence-electron chi connectivity index (χ4n) is 2.13. The molecule has 0 atom stereocenters. The molecule has 0 amide bonds. The third kappa shape index (κ3) is 2.19. The smallest absolute Gasteiger partial charge is 0.163 e. The fraction of sp³-hybridized carbons (Fsp3) is 0.308. The summed E-state index contributed by atoms with van der Waals surface area (Å²) in [7, 11) is 2.04. The Bertz CT molecular complexity index is 700. The van der Waals surface area contributed by atoms with Crippen molar-refractivity contribution in [2.75, 3.05) is 11.9 Å². The molecule has 0 spiro atoms. The zero-order chi connectivity index (χ0) is 13.2. The lowest BCUT2D eigenvalue weighted by Gasteiger charge is -2.03. The molecule has 2 heterocycles. The standard InChI is InChI=1S/C13H15N5S/c1-3-14-13-10(16-19-17-13)8-12-15-9-6-4-5-7-11(9)18(12)2/h4-7H,3,8H2,1-2H3,(H,14,17). The summed E-state index contributed by atoms with van der Waals surface area (Å²) in [6, 6.07) is 8.15. The van der Waals surface area contributed by atoms with Gasteiger partial charge in [0, 0.05) is 13.6 Å². The van der Waals surface area contributed by atoms with Crippen LogP contribution in [-0.2, 0) is 13.5 Å². The summed E-state index contributed by atoms with van der Waals surface area (Å²) in [5, 5.41) is 3.23. The molecule has 0 aliphatic carbocycles. The number of aromatic nitrogens is 4. The molecule has 0 unspecified atom stereocenters. The van der Waals surface area contributed by atoms with E-state index in [4.69, 9.17) is 0 Å². The number of rotatable bonds is 4. The van der Waals surface area contributed by atoms with Crippen molar-refractivity contribution < 1.29 is 0 Å². The van der Waals surface area contributed by atoms with Crippen molar-refractivity contribution >= 4 is 28.6 Å². The van der Waals surface area contributed by atoms with Crippen molar-refractivity contribution in [3.8, 4) is 0 Å². The van der Waals surface area contributed by atoms with E-state index in [1.807, 2.05) is 25.2 Å². The van der Waals surface area contributed by atoms with Gasteiger partial charge >= 0.3 is 0 Å². The first-order valence-electron chi connectivity index (χ1n) is 6.25. The maximum Gasteiger partial charge on any atom is 0.163 e. The number of benzene rings is 1. The minimum Gasteiger partial charge on any atom is -0.368 e. The Morgan fingerprint density at radius 1 is 1.26 bits per heavy atom. The number of imidazole rings is 1. The van der Waals surface area contributed by atoms with E-state index in [0.717, 1.165) is 34.9 Å². The van der Waals surface area contributed by atoms with E-state index >= 15 is 0 Å². The van der Waals surface area contributed by atoms with Gasteiger partial charge in [-0.25, -0.2) is 4.98 Å². The quantitative estimate of drug-likeness (QED) is 0.793. The minimum atomic E-state index is 0.698. The summed E-state index contributed by atoms with van der Waals surface area (Å²) in [5.74, 6) is 1.88. The minimum absolute atomic E-state index is 0.698. The van der Waals surface area contributed by atoms with Gasteiger partial charge in [-0.15, -0.1) is 0 Å². The second-order valence-electron chi connectivity index (χ2n) is 4.34. The highest BCUT2D eigenvalue weighted by molar-refractivity contribution is 6.99. The summed E-state index contributed by atoms with van der Waals surface area (Å²) >= 11 is 1.24. The molecule has 3 aromatic rings. The Balaban J connectivity index is 1.96. The number of aryl methyl sites for hydroxylation is 1. The number of hydrogen-bond donors (Lipinski definition) is 1. The average molecular weight is 273 g/mol.